The normalized spacial score (nSPS) is 26.4. The Hall–Kier alpha value is -3.92. The van der Waals surface area contributed by atoms with E-state index >= 15 is 0 Å². The standard InChI is InChI=1S/C44H58N2O7/c1-4-22-46(43(49)32-18-19-32)40-29-38(45-52-30-31-14-8-7-9-15-31)36-27-33(16-10-12-23-47)35(17-11-13-24-48)41-37-28-34(50-25-5-2)20-21-39(37)53-44(40,42(36)41)51-26-6-3/h5-9,14-15,20-21,27-28,32-33,35,40-42,47-48H,2-4,10-13,16-19,22-26,29-30H2,1H3. The second kappa shape index (κ2) is 18.4. The molecule has 6 atom stereocenters. The van der Waals surface area contributed by atoms with Crippen LogP contribution in [-0.4, -0.2) is 71.5 Å². The second-order valence-corrected chi connectivity index (χ2v) is 14.9. The lowest BCUT2D eigenvalue weighted by molar-refractivity contribution is -0.257. The van der Waals surface area contributed by atoms with Gasteiger partial charge in [0.25, 0.3) is 0 Å². The molecule has 1 heterocycles. The average Bonchev–Trinajstić information content (AvgIpc) is 4.03. The molecular formula is C44H58N2O7. The molecule has 0 saturated heterocycles. The molecule has 4 aliphatic rings. The van der Waals surface area contributed by atoms with Gasteiger partial charge < -0.3 is 34.2 Å². The zero-order valence-corrected chi connectivity index (χ0v) is 31.4. The van der Waals surface area contributed by atoms with Crippen LogP contribution in [-0.2, 0) is 21.0 Å². The molecule has 0 aromatic heterocycles. The quantitative estimate of drug-likeness (QED) is 0.0770. The largest absolute Gasteiger partial charge is 0.490 e. The Morgan fingerprint density at radius 1 is 1.02 bits per heavy atom. The van der Waals surface area contributed by atoms with Crippen LogP contribution in [0.25, 0.3) is 0 Å². The Kier molecular flexibility index (Phi) is 13.5. The maximum atomic E-state index is 14.3. The first-order valence-corrected chi connectivity index (χ1v) is 19.8. The lowest BCUT2D eigenvalue weighted by Crippen LogP contribution is -2.70. The molecule has 3 aliphatic carbocycles. The Morgan fingerprint density at radius 2 is 1.77 bits per heavy atom. The number of hydrogen-bond donors (Lipinski definition) is 2. The summed E-state index contributed by atoms with van der Waals surface area (Å²) in [5, 5.41) is 24.6. The molecule has 6 unspecified atom stereocenters. The highest BCUT2D eigenvalue weighted by molar-refractivity contribution is 6.03. The number of aliphatic hydroxyl groups is 2. The van der Waals surface area contributed by atoms with Gasteiger partial charge in [0.05, 0.1) is 18.2 Å². The van der Waals surface area contributed by atoms with Crippen molar-refractivity contribution in [2.24, 2.45) is 28.8 Å². The first-order chi connectivity index (χ1) is 26.0. The minimum atomic E-state index is -1.23. The van der Waals surface area contributed by atoms with E-state index in [9.17, 15) is 15.0 Å². The number of ether oxygens (including phenoxy) is 3. The van der Waals surface area contributed by atoms with Gasteiger partial charge in [0, 0.05) is 43.6 Å². The summed E-state index contributed by atoms with van der Waals surface area (Å²) in [5.41, 5.74) is 3.92. The van der Waals surface area contributed by atoms with Crippen molar-refractivity contribution in [2.75, 3.05) is 33.0 Å². The minimum Gasteiger partial charge on any atom is -0.490 e. The molecule has 286 valence electrons. The number of unbranched alkanes of at least 4 members (excludes halogenated alkanes) is 2. The number of benzene rings is 2. The number of rotatable bonds is 21. The highest BCUT2D eigenvalue weighted by Crippen LogP contribution is 2.62. The summed E-state index contributed by atoms with van der Waals surface area (Å²) >= 11 is 0. The predicted molar refractivity (Wildman–Crippen MR) is 207 cm³/mol. The first kappa shape index (κ1) is 38.8. The second-order valence-electron chi connectivity index (χ2n) is 14.9. The lowest BCUT2D eigenvalue weighted by atomic mass is 9.55. The first-order valence-electron chi connectivity index (χ1n) is 19.8. The molecule has 2 N–H and O–H groups in total. The summed E-state index contributed by atoms with van der Waals surface area (Å²) in [6, 6.07) is 15.6. The summed E-state index contributed by atoms with van der Waals surface area (Å²) in [5.74, 6) is 0.279. The van der Waals surface area contributed by atoms with Crippen molar-refractivity contribution in [1.82, 2.24) is 4.90 Å². The van der Waals surface area contributed by atoms with Crippen molar-refractivity contribution in [3.8, 4) is 11.5 Å². The van der Waals surface area contributed by atoms with Crippen LogP contribution in [0.4, 0.5) is 0 Å². The van der Waals surface area contributed by atoms with Gasteiger partial charge in [0.1, 0.15) is 30.8 Å². The van der Waals surface area contributed by atoms with Gasteiger partial charge in [-0.2, -0.15) is 0 Å². The van der Waals surface area contributed by atoms with Crippen molar-refractivity contribution in [2.45, 2.75) is 95.5 Å². The number of nitrogens with zero attached hydrogens (tertiary/aromatic N) is 2. The molecule has 0 spiro atoms. The van der Waals surface area contributed by atoms with Gasteiger partial charge in [0.2, 0.25) is 11.7 Å². The maximum absolute atomic E-state index is 14.3. The molecule has 2 fully saturated rings. The van der Waals surface area contributed by atoms with Crippen LogP contribution < -0.4 is 9.47 Å². The molecule has 2 aromatic rings. The molecule has 6 rings (SSSR count). The number of oxime groups is 1. The summed E-state index contributed by atoms with van der Waals surface area (Å²) < 4.78 is 20.4. The fraction of sp³-hybridized carbons (Fsp3) is 0.545. The van der Waals surface area contributed by atoms with Crippen LogP contribution in [0.1, 0.15) is 88.2 Å². The van der Waals surface area contributed by atoms with Gasteiger partial charge in [-0.1, -0.05) is 80.1 Å². The van der Waals surface area contributed by atoms with Crippen molar-refractivity contribution >= 4 is 11.6 Å². The molecule has 1 aliphatic heterocycles. The third-order valence-electron chi connectivity index (χ3n) is 11.3. The average molecular weight is 727 g/mol. The molecule has 9 nitrogen and oxygen atoms in total. The van der Waals surface area contributed by atoms with Gasteiger partial charge >= 0.3 is 0 Å². The van der Waals surface area contributed by atoms with E-state index in [1.807, 2.05) is 47.4 Å². The number of carbonyl (C=O) groups is 1. The Bertz CT molecular complexity index is 1600. The molecule has 0 radical (unpaired) electrons. The highest BCUT2D eigenvalue weighted by Gasteiger charge is 2.65. The Balaban J connectivity index is 1.56. The number of hydrogen-bond acceptors (Lipinski definition) is 8. The van der Waals surface area contributed by atoms with Crippen molar-refractivity contribution in [3.63, 3.8) is 0 Å². The molecule has 0 bridgehead atoms. The number of allylic oxidation sites excluding steroid dienone is 1. The zero-order valence-electron chi connectivity index (χ0n) is 31.4. The van der Waals surface area contributed by atoms with Crippen molar-refractivity contribution < 1.29 is 34.1 Å². The summed E-state index contributed by atoms with van der Waals surface area (Å²) in [7, 11) is 0. The molecular weight excluding hydrogens is 668 g/mol. The Labute approximate surface area is 315 Å². The van der Waals surface area contributed by atoms with Crippen LogP contribution in [0.3, 0.4) is 0 Å². The zero-order chi connectivity index (χ0) is 37.2. The monoisotopic (exact) mass is 726 g/mol. The van der Waals surface area contributed by atoms with E-state index in [-0.39, 0.29) is 55.3 Å². The number of amides is 1. The summed E-state index contributed by atoms with van der Waals surface area (Å²) in [6.45, 7) is 11.8. The van der Waals surface area contributed by atoms with Gasteiger partial charge in [0.15, 0.2) is 0 Å². The van der Waals surface area contributed by atoms with Crippen LogP contribution >= 0.6 is 0 Å². The van der Waals surface area contributed by atoms with Crippen molar-refractivity contribution in [3.05, 3.63) is 96.6 Å². The van der Waals surface area contributed by atoms with Crippen LogP contribution in [0.2, 0.25) is 0 Å². The van der Waals surface area contributed by atoms with Crippen LogP contribution in [0.5, 0.6) is 11.5 Å². The number of aliphatic hydroxyl groups excluding tert-OH is 2. The third-order valence-corrected chi connectivity index (χ3v) is 11.3. The van der Waals surface area contributed by atoms with Gasteiger partial charge in [-0.3, -0.25) is 4.79 Å². The Morgan fingerprint density at radius 3 is 2.47 bits per heavy atom. The fourth-order valence-electron chi connectivity index (χ4n) is 8.88. The molecule has 1 amide bonds. The highest BCUT2D eigenvalue weighted by atomic mass is 16.7. The summed E-state index contributed by atoms with van der Waals surface area (Å²) in [6.07, 6.45) is 13.8. The van der Waals surface area contributed by atoms with Crippen molar-refractivity contribution in [1.29, 1.82) is 0 Å². The van der Waals surface area contributed by atoms with E-state index in [1.54, 1.807) is 12.2 Å². The van der Waals surface area contributed by atoms with E-state index in [0.717, 1.165) is 85.3 Å². The minimum absolute atomic E-state index is 0.00870. The topological polar surface area (TPSA) is 110 Å². The maximum Gasteiger partial charge on any atom is 0.239 e. The lowest BCUT2D eigenvalue weighted by Gasteiger charge is -2.60. The van der Waals surface area contributed by atoms with Crippen LogP contribution in [0.15, 0.2) is 90.6 Å². The smallest absolute Gasteiger partial charge is 0.239 e. The number of fused-ring (bicyclic) bond motifs is 2. The molecule has 9 heteroatoms. The summed E-state index contributed by atoms with van der Waals surface area (Å²) in [4.78, 5) is 22.5. The fourth-order valence-corrected chi connectivity index (χ4v) is 8.88. The van der Waals surface area contributed by atoms with Crippen LogP contribution in [0, 0.1) is 23.7 Å². The SMILES string of the molecule is C=CCOc1ccc2c(c1)C1C(CCCCO)C(CCCCO)C=C3C(=NOCc4ccccc4)CC(N(CCC)C(=O)C4CC4)C(OCC=C)(O2)C31. The molecule has 2 aromatic carbocycles. The van der Waals surface area contributed by atoms with Gasteiger partial charge in [-0.15, -0.1) is 6.58 Å². The van der Waals surface area contributed by atoms with E-state index in [4.69, 9.17) is 24.2 Å². The van der Waals surface area contributed by atoms with E-state index < -0.39 is 11.8 Å². The van der Waals surface area contributed by atoms with Gasteiger partial charge in [-0.05, 0) is 86.1 Å². The molecule has 2 saturated carbocycles. The van der Waals surface area contributed by atoms with Gasteiger partial charge in [-0.25, -0.2) is 0 Å². The third kappa shape index (κ3) is 8.58. The van der Waals surface area contributed by atoms with E-state index in [0.29, 0.717) is 32.6 Å². The molecule has 53 heavy (non-hydrogen) atoms. The van der Waals surface area contributed by atoms with E-state index in [2.05, 4.69) is 32.2 Å². The van der Waals surface area contributed by atoms with E-state index in [1.165, 1.54) is 0 Å². The number of carbonyl (C=O) groups excluding carboxylic acids is 1. The predicted octanol–water partition coefficient (Wildman–Crippen LogP) is 7.73.